The molecule has 6 heteroatoms. The van der Waals surface area contributed by atoms with Gasteiger partial charge in [-0.1, -0.05) is 53.6 Å². The van der Waals surface area contributed by atoms with Gasteiger partial charge in [-0.2, -0.15) is 0 Å². The maximum Gasteiger partial charge on any atom is 0.239 e. The number of rotatable bonds is 7. The first-order valence-corrected chi connectivity index (χ1v) is 9.97. The minimum Gasteiger partial charge on any atom is -0.350 e. The van der Waals surface area contributed by atoms with Crippen LogP contribution in [0.2, 0.25) is 5.02 Å². The van der Waals surface area contributed by atoms with Crippen molar-refractivity contribution in [1.82, 2.24) is 15.5 Å². The molecule has 1 heterocycles. The van der Waals surface area contributed by atoms with Gasteiger partial charge in [-0.05, 0) is 49.6 Å². The highest BCUT2D eigenvalue weighted by atomic mass is 35.5. The van der Waals surface area contributed by atoms with E-state index in [-0.39, 0.29) is 24.4 Å². The Labute approximate surface area is 171 Å². The summed E-state index contributed by atoms with van der Waals surface area (Å²) in [7, 11) is 0. The van der Waals surface area contributed by atoms with Gasteiger partial charge in [0.15, 0.2) is 0 Å². The molecule has 5 nitrogen and oxygen atoms in total. The van der Waals surface area contributed by atoms with Gasteiger partial charge in [0.05, 0.1) is 12.6 Å². The Balaban J connectivity index is 1.45. The average Bonchev–Trinajstić information content (AvgIpc) is 3.14. The zero-order valence-corrected chi connectivity index (χ0v) is 16.8. The molecule has 28 heavy (non-hydrogen) atoms. The molecule has 1 aliphatic rings. The van der Waals surface area contributed by atoms with Gasteiger partial charge < -0.3 is 10.6 Å². The molecular formula is C22H26ClN3O2. The maximum atomic E-state index is 12.6. The van der Waals surface area contributed by atoms with Gasteiger partial charge in [-0.25, -0.2) is 0 Å². The van der Waals surface area contributed by atoms with Crippen LogP contribution in [0.4, 0.5) is 0 Å². The fourth-order valence-electron chi connectivity index (χ4n) is 3.51. The van der Waals surface area contributed by atoms with E-state index in [0.717, 1.165) is 31.5 Å². The van der Waals surface area contributed by atoms with Crippen molar-refractivity contribution < 1.29 is 9.59 Å². The first-order chi connectivity index (χ1) is 13.5. The number of amides is 2. The molecule has 0 radical (unpaired) electrons. The molecule has 2 amide bonds. The van der Waals surface area contributed by atoms with E-state index in [9.17, 15) is 9.59 Å². The van der Waals surface area contributed by atoms with E-state index < -0.39 is 0 Å². The predicted octanol–water partition coefficient (Wildman–Crippen LogP) is 3.05. The highest BCUT2D eigenvalue weighted by Gasteiger charge is 2.30. The third-order valence-corrected chi connectivity index (χ3v) is 5.21. The topological polar surface area (TPSA) is 61.4 Å². The van der Waals surface area contributed by atoms with Crippen molar-refractivity contribution in [3.05, 3.63) is 70.2 Å². The summed E-state index contributed by atoms with van der Waals surface area (Å²) in [6.07, 6.45) is 1.82. The van der Waals surface area contributed by atoms with Gasteiger partial charge in [-0.3, -0.25) is 14.5 Å². The lowest BCUT2D eigenvalue weighted by molar-refractivity contribution is -0.129. The fraction of sp³-hybridized carbons (Fsp3) is 0.364. The molecule has 0 bridgehead atoms. The summed E-state index contributed by atoms with van der Waals surface area (Å²) >= 11 is 5.85. The maximum absolute atomic E-state index is 12.6. The SMILES string of the molecule is Cc1cccc(CN2CCCC2C(=O)NCC(=O)NCc2ccc(Cl)cc2)c1. The predicted molar refractivity (Wildman–Crippen MR) is 111 cm³/mol. The minimum atomic E-state index is -0.202. The van der Waals surface area contributed by atoms with Crippen LogP contribution >= 0.6 is 11.6 Å². The van der Waals surface area contributed by atoms with E-state index in [4.69, 9.17) is 11.6 Å². The van der Waals surface area contributed by atoms with Crippen LogP contribution in [-0.2, 0) is 22.7 Å². The summed E-state index contributed by atoms with van der Waals surface area (Å²) in [6, 6.07) is 15.5. The van der Waals surface area contributed by atoms with E-state index in [1.807, 2.05) is 18.2 Å². The van der Waals surface area contributed by atoms with Crippen LogP contribution in [0.15, 0.2) is 48.5 Å². The standard InChI is InChI=1S/C22H26ClN3O2/c1-16-4-2-5-18(12-16)15-26-11-3-6-20(26)22(28)25-14-21(27)24-13-17-7-9-19(23)10-8-17/h2,4-5,7-10,12,20H,3,6,11,13-15H2,1H3,(H,24,27)(H,25,28). The van der Waals surface area contributed by atoms with Crippen LogP contribution in [0.5, 0.6) is 0 Å². The number of nitrogens with one attached hydrogen (secondary N) is 2. The van der Waals surface area contributed by atoms with Crippen LogP contribution in [0, 0.1) is 6.92 Å². The van der Waals surface area contributed by atoms with Crippen molar-refractivity contribution in [3.8, 4) is 0 Å². The van der Waals surface area contributed by atoms with Crippen molar-refractivity contribution in [2.75, 3.05) is 13.1 Å². The lowest BCUT2D eigenvalue weighted by Gasteiger charge is -2.23. The molecule has 0 saturated carbocycles. The Morgan fingerprint density at radius 1 is 1.11 bits per heavy atom. The fourth-order valence-corrected chi connectivity index (χ4v) is 3.63. The summed E-state index contributed by atoms with van der Waals surface area (Å²) in [4.78, 5) is 26.8. The molecule has 1 saturated heterocycles. The molecule has 0 aliphatic carbocycles. The third-order valence-electron chi connectivity index (χ3n) is 4.96. The average molecular weight is 400 g/mol. The second kappa shape index (κ2) is 9.71. The number of carbonyl (C=O) groups excluding carboxylic acids is 2. The molecule has 2 N–H and O–H groups in total. The van der Waals surface area contributed by atoms with Gasteiger partial charge >= 0.3 is 0 Å². The molecule has 1 aliphatic heterocycles. The second-order valence-electron chi connectivity index (χ2n) is 7.24. The Hall–Kier alpha value is -2.37. The molecule has 148 valence electrons. The first kappa shape index (κ1) is 20.4. The molecule has 2 aromatic rings. The number of benzene rings is 2. The Morgan fingerprint density at radius 2 is 1.89 bits per heavy atom. The molecule has 1 atom stereocenters. The minimum absolute atomic E-state index is 0.0127. The summed E-state index contributed by atoms with van der Waals surface area (Å²) in [5.41, 5.74) is 3.39. The molecule has 0 aromatic heterocycles. The molecule has 1 unspecified atom stereocenters. The number of hydrogen-bond acceptors (Lipinski definition) is 3. The number of halogens is 1. The second-order valence-corrected chi connectivity index (χ2v) is 7.67. The lowest BCUT2D eigenvalue weighted by atomic mass is 10.1. The number of nitrogens with zero attached hydrogens (tertiary/aromatic N) is 1. The smallest absolute Gasteiger partial charge is 0.239 e. The van der Waals surface area contributed by atoms with Gasteiger partial charge in [0.25, 0.3) is 0 Å². The summed E-state index contributed by atoms with van der Waals surface area (Å²) in [5.74, 6) is -0.279. The normalized spacial score (nSPS) is 16.7. The number of hydrogen-bond donors (Lipinski definition) is 2. The number of carbonyl (C=O) groups is 2. The van der Waals surface area contributed by atoms with Crippen LogP contribution in [-0.4, -0.2) is 35.8 Å². The van der Waals surface area contributed by atoms with Crippen molar-refractivity contribution >= 4 is 23.4 Å². The van der Waals surface area contributed by atoms with E-state index in [1.165, 1.54) is 11.1 Å². The number of likely N-dealkylation sites (tertiary alicyclic amines) is 1. The summed E-state index contributed by atoms with van der Waals surface area (Å²) < 4.78 is 0. The van der Waals surface area contributed by atoms with Crippen molar-refractivity contribution in [3.63, 3.8) is 0 Å². The van der Waals surface area contributed by atoms with Crippen LogP contribution in [0.1, 0.15) is 29.5 Å². The highest BCUT2D eigenvalue weighted by Crippen LogP contribution is 2.20. The zero-order chi connectivity index (χ0) is 19.9. The van der Waals surface area contributed by atoms with Gasteiger partial charge in [0.2, 0.25) is 11.8 Å². The van der Waals surface area contributed by atoms with Gasteiger partial charge in [0.1, 0.15) is 0 Å². The highest BCUT2D eigenvalue weighted by molar-refractivity contribution is 6.30. The van der Waals surface area contributed by atoms with E-state index in [1.54, 1.807) is 12.1 Å². The Bertz CT molecular complexity index is 823. The third kappa shape index (κ3) is 5.81. The Morgan fingerprint density at radius 3 is 2.64 bits per heavy atom. The van der Waals surface area contributed by atoms with Crippen molar-refractivity contribution in [2.24, 2.45) is 0 Å². The van der Waals surface area contributed by atoms with Crippen LogP contribution in [0.3, 0.4) is 0 Å². The molecule has 1 fully saturated rings. The van der Waals surface area contributed by atoms with E-state index in [0.29, 0.717) is 11.6 Å². The van der Waals surface area contributed by atoms with E-state index >= 15 is 0 Å². The largest absolute Gasteiger partial charge is 0.350 e. The molecule has 2 aromatic carbocycles. The zero-order valence-electron chi connectivity index (χ0n) is 16.1. The monoisotopic (exact) mass is 399 g/mol. The van der Waals surface area contributed by atoms with Gasteiger partial charge in [0, 0.05) is 18.1 Å². The van der Waals surface area contributed by atoms with Crippen molar-refractivity contribution in [2.45, 2.75) is 38.9 Å². The van der Waals surface area contributed by atoms with Gasteiger partial charge in [-0.15, -0.1) is 0 Å². The quantitative estimate of drug-likeness (QED) is 0.752. The van der Waals surface area contributed by atoms with Crippen LogP contribution in [0.25, 0.3) is 0 Å². The molecular weight excluding hydrogens is 374 g/mol. The summed E-state index contributed by atoms with van der Waals surface area (Å²) in [5, 5.41) is 6.26. The molecule has 3 rings (SSSR count). The van der Waals surface area contributed by atoms with Crippen molar-refractivity contribution in [1.29, 1.82) is 0 Å². The summed E-state index contributed by atoms with van der Waals surface area (Å²) in [6.45, 7) is 4.12. The lowest BCUT2D eigenvalue weighted by Crippen LogP contribution is -2.46. The molecule has 0 spiro atoms. The van der Waals surface area contributed by atoms with Crippen LogP contribution < -0.4 is 10.6 Å². The first-order valence-electron chi connectivity index (χ1n) is 9.60. The Kier molecular flexibility index (Phi) is 7.06. The number of aryl methyl sites for hydroxylation is 1. The van der Waals surface area contributed by atoms with E-state index in [2.05, 4.69) is 40.7 Å².